The quantitative estimate of drug-likeness (QED) is 0.720. The van der Waals surface area contributed by atoms with E-state index in [0.717, 1.165) is 0 Å². The number of nitrogens with one attached hydrogen (secondary N) is 3. The third kappa shape index (κ3) is 5.96. The molecule has 0 saturated carbocycles. The lowest BCUT2D eigenvalue weighted by Gasteiger charge is -2.14. The summed E-state index contributed by atoms with van der Waals surface area (Å²) in [6, 6.07) is 11.3. The Hall–Kier alpha value is -2.80. The van der Waals surface area contributed by atoms with E-state index in [1.54, 1.807) is 25.1 Å². The van der Waals surface area contributed by atoms with Gasteiger partial charge in [0.1, 0.15) is 11.6 Å². The molecule has 7 heteroatoms. The average molecular weight is 347 g/mol. The Labute approximate surface area is 144 Å². The molecule has 0 fully saturated rings. The van der Waals surface area contributed by atoms with Crippen molar-refractivity contribution in [1.82, 2.24) is 10.6 Å². The number of hydrogen-bond acceptors (Lipinski definition) is 3. The molecule has 5 nitrogen and oxygen atoms in total. The van der Waals surface area contributed by atoms with Crippen LogP contribution in [0, 0.1) is 11.6 Å². The Morgan fingerprint density at radius 3 is 2.32 bits per heavy atom. The van der Waals surface area contributed by atoms with E-state index in [0.29, 0.717) is 11.3 Å². The molecule has 1 unspecified atom stereocenters. The first-order valence-electron chi connectivity index (χ1n) is 7.75. The molecule has 0 saturated heterocycles. The van der Waals surface area contributed by atoms with Crippen molar-refractivity contribution in [2.45, 2.75) is 13.0 Å². The molecule has 0 aliphatic rings. The Morgan fingerprint density at radius 2 is 1.64 bits per heavy atom. The van der Waals surface area contributed by atoms with Crippen LogP contribution >= 0.6 is 0 Å². The number of carbonyl (C=O) groups is 2. The van der Waals surface area contributed by atoms with Crippen molar-refractivity contribution in [3.05, 3.63) is 65.7 Å². The molecule has 2 amide bonds. The van der Waals surface area contributed by atoms with Gasteiger partial charge in [0.05, 0.1) is 13.1 Å². The second-order valence-corrected chi connectivity index (χ2v) is 5.46. The first kappa shape index (κ1) is 18.5. The highest BCUT2D eigenvalue weighted by Gasteiger charge is 2.12. The average Bonchev–Trinajstić information content (AvgIpc) is 2.60. The number of carbonyl (C=O) groups excluding carboxylic acids is 2. The molecule has 2 aromatic rings. The maximum absolute atomic E-state index is 13.6. The van der Waals surface area contributed by atoms with Gasteiger partial charge in [0, 0.05) is 17.3 Å². The van der Waals surface area contributed by atoms with Crippen molar-refractivity contribution in [1.29, 1.82) is 0 Å². The largest absolute Gasteiger partial charge is 0.346 e. The zero-order valence-electron chi connectivity index (χ0n) is 13.7. The fourth-order valence-corrected chi connectivity index (χ4v) is 2.16. The van der Waals surface area contributed by atoms with Gasteiger partial charge in [-0.25, -0.2) is 8.78 Å². The van der Waals surface area contributed by atoms with Gasteiger partial charge in [-0.3, -0.25) is 9.59 Å². The molecule has 0 aliphatic carbocycles. The number of amides is 2. The second kappa shape index (κ2) is 8.89. The van der Waals surface area contributed by atoms with Gasteiger partial charge in [0.2, 0.25) is 11.8 Å². The summed E-state index contributed by atoms with van der Waals surface area (Å²) < 4.78 is 26.4. The minimum atomic E-state index is -0.429. The Morgan fingerprint density at radius 1 is 0.960 bits per heavy atom. The highest BCUT2D eigenvalue weighted by Crippen LogP contribution is 2.15. The topological polar surface area (TPSA) is 70.2 Å². The predicted molar refractivity (Wildman–Crippen MR) is 90.9 cm³/mol. The van der Waals surface area contributed by atoms with Crippen LogP contribution < -0.4 is 16.0 Å². The van der Waals surface area contributed by atoms with E-state index in [4.69, 9.17) is 0 Å². The number of rotatable bonds is 7. The maximum Gasteiger partial charge on any atom is 0.243 e. The van der Waals surface area contributed by atoms with Crippen molar-refractivity contribution < 1.29 is 18.4 Å². The monoisotopic (exact) mass is 347 g/mol. The smallest absolute Gasteiger partial charge is 0.243 e. The Balaban J connectivity index is 1.72. The van der Waals surface area contributed by atoms with Crippen LogP contribution in [0.4, 0.5) is 14.5 Å². The Bertz CT molecular complexity index is 735. The van der Waals surface area contributed by atoms with Gasteiger partial charge in [0.25, 0.3) is 0 Å². The van der Waals surface area contributed by atoms with Gasteiger partial charge in [-0.1, -0.05) is 18.2 Å². The van der Waals surface area contributed by atoms with Crippen molar-refractivity contribution >= 4 is 17.5 Å². The molecule has 2 rings (SSSR count). The minimum absolute atomic E-state index is 0.0562. The third-order valence-corrected chi connectivity index (χ3v) is 3.51. The summed E-state index contributed by atoms with van der Waals surface area (Å²) in [5, 5.41) is 7.88. The SMILES string of the molecule is CC(NCC(=O)NCC(=O)Nc1ccc(F)cc1)c1ccccc1F. The van der Waals surface area contributed by atoms with Crippen molar-refractivity contribution in [2.24, 2.45) is 0 Å². The van der Waals surface area contributed by atoms with Crippen LogP contribution in [0.1, 0.15) is 18.5 Å². The normalized spacial score (nSPS) is 11.6. The predicted octanol–water partition coefficient (Wildman–Crippen LogP) is 2.37. The molecule has 0 aliphatic heterocycles. The second-order valence-electron chi connectivity index (χ2n) is 5.46. The van der Waals surface area contributed by atoms with E-state index in [1.165, 1.54) is 30.3 Å². The van der Waals surface area contributed by atoms with Crippen molar-refractivity contribution in [3.63, 3.8) is 0 Å². The lowest BCUT2D eigenvalue weighted by atomic mass is 10.1. The molecular formula is C18H19F2N3O2. The minimum Gasteiger partial charge on any atom is -0.346 e. The molecule has 1 atom stereocenters. The molecule has 132 valence electrons. The molecule has 0 radical (unpaired) electrons. The fourth-order valence-electron chi connectivity index (χ4n) is 2.16. The zero-order chi connectivity index (χ0) is 18.2. The van der Waals surface area contributed by atoms with Gasteiger partial charge in [-0.2, -0.15) is 0 Å². The van der Waals surface area contributed by atoms with Crippen LogP contribution in [0.5, 0.6) is 0 Å². The lowest BCUT2D eigenvalue weighted by molar-refractivity contribution is -0.123. The van der Waals surface area contributed by atoms with Crippen LogP contribution in [-0.4, -0.2) is 24.9 Å². The van der Waals surface area contributed by atoms with Gasteiger partial charge < -0.3 is 16.0 Å². The zero-order valence-corrected chi connectivity index (χ0v) is 13.7. The summed E-state index contributed by atoms with van der Waals surface area (Å²) in [7, 11) is 0. The van der Waals surface area contributed by atoms with Crippen LogP contribution in [0.3, 0.4) is 0 Å². The fraction of sp³-hybridized carbons (Fsp3) is 0.222. The number of benzene rings is 2. The molecule has 0 heterocycles. The van der Waals surface area contributed by atoms with E-state index in [-0.39, 0.29) is 24.9 Å². The van der Waals surface area contributed by atoms with Crippen LogP contribution in [-0.2, 0) is 9.59 Å². The number of anilines is 1. The summed E-state index contributed by atoms with van der Waals surface area (Å²) in [5.74, 6) is -1.57. The molecule has 0 aromatic heterocycles. The van der Waals surface area contributed by atoms with Crippen LogP contribution in [0.25, 0.3) is 0 Å². The first-order valence-corrected chi connectivity index (χ1v) is 7.75. The summed E-state index contributed by atoms with van der Waals surface area (Å²) in [6.45, 7) is 1.47. The number of hydrogen-bond donors (Lipinski definition) is 3. The molecular weight excluding hydrogens is 328 g/mol. The first-order chi connectivity index (χ1) is 12.0. The highest BCUT2D eigenvalue weighted by molar-refractivity contribution is 5.94. The summed E-state index contributed by atoms with van der Waals surface area (Å²) >= 11 is 0. The van der Waals surface area contributed by atoms with E-state index in [2.05, 4.69) is 16.0 Å². The van der Waals surface area contributed by atoms with Crippen LogP contribution in [0.15, 0.2) is 48.5 Å². The van der Waals surface area contributed by atoms with Gasteiger partial charge in [-0.15, -0.1) is 0 Å². The molecule has 3 N–H and O–H groups in total. The summed E-state index contributed by atoms with van der Waals surface area (Å²) in [6.07, 6.45) is 0. The molecule has 0 bridgehead atoms. The van der Waals surface area contributed by atoms with Gasteiger partial charge in [-0.05, 0) is 37.3 Å². The van der Waals surface area contributed by atoms with E-state index < -0.39 is 17.6 Å². The Kier molecular flexibility index (Phi) is 6.59. The van der Waals surface area contributed by atoms with Crippen molar-refractivity contribution in [3.8, 4) is 0 Å². The third-order valence-electron chi connectivity index (χ3n) is 3.51. The van der Waals surface area contributed by atoms with Crippen LogP contribution in [0.2, 0.25) is 0 Å². The number of halogens is 2. The van der Waals surface area contributed by atoms with Gasteiger partial charge in [0.15, 0.2) is 0 Å². The molecule has 2 aromatic carbocycles. The molecule has 25 heavy (non-hydrogen) atoms. The van der Waals surface area contributed by atoms with E-state index in [9.17, 15) is 18.4 Å². The lowest BCUT2D eigenvalue weighted by Crippen LogP contribution is -2.39. The van der Waals surface area contributed by atoms with Crippen molar-refractivity contribution in [2.75, 3.05) is 18.4 Å². The highest BCUT2D eigenvalue weighted by atomic mass is 19.1. The maximum atomic E-state index is 13.6. The van der Waals surface area contributed by atoms with E-state index >= 15 is 0 Å². The molecule has 0 spiro atoms. The summed E-state index contributed by atoms with van der Waals surface area (Å²) in [4.78, 5) is 23.5. The van der Waals surface area contributed by atoms with E-state index in [1.807, 2.05) is 0 Å². The summed E-state index contributed by atoms with van der Waals surface area (Å²) in [5.41, 5.74) is 0.899. The van der Waals surface area contributed by atoms with Gasteiger partial charge >= 0.3 is 0 Å². The standard InChI is InChI=1S/C18H19F2N3O2/c1-12(15-4-2-3-5-16(15)20)21-10-17(24)22-11-18(25)23-14-8-6-13(19)7-9-14/h2-9,12,21H,10-11H2,1H3,(H,22,24)(H,23,25).